The van der Waals surface area contributed by atoms with Crippen LogP contribution in [0.15, 0.2) is 60.2 Å². The summed E-state index contributed by atoms with van der Waals surface area (Å²) in [5, 5.41) is 12.1. The van der Waals surface area contributed by atoms with Gasteiger partial charge in [-0.05, 0) is 74.1 Å². The number of para-hydroxylation sites is 1. The number of anilines is 1. The van der Waals surface area contributed by atoms with Crippen molar-refractivity contribution in [1.82, 2.24) is 9.88 Å². The second-order valence-corrected chi connectivity index (χ2v) is 8.22. The molecule has 2 heterocycles. The van der Waals surface area contributed by atoms with E-state index in [4.69, 9.17) is 23.8 Å². The van der Waals surface area contributed by atoms with E-state index in [2.05, 4.69) is 5.32 Å². The van der Waals surface area contributed by atoms with Crippen LogP contribution in [0, 0.1) is 13.8 Å². The van der Waals surface area contributed by atoms with Gasteiger partial charge in [-0.3, -0.25) is 19.8 Å². The molecule has 0 atom stereocenters. The van der Waals surface area contributed by atoms with Gasteiger partial charge in [0.15, 0.2) is 5.11 Å². The highest BCUT2D eigenvalue weighted by Crippen LogP contribution is 2.28. The van der Waals surface area contributed by atoms with Crippen molar-refractivity contribution in [3.63, 3.8) is 0 Å². The zero-order valence-corrected chi connectivity index (χ0v) is 19.2. The fraction of sp³-hybridized carbons (Fsp3) is 0.0833. The minimum atomic E-state index is -1.13. The van der Waals surface area contributed by atoms with Gasteiger partial charge < -0.3 is 9.67 Å². The first kappa shape index (κ1) is 22.4. The number of benzene rings is 2. The molecule has 2 aromatic carbocycles. The van der Waals surface area contributed by atoms with Crippen LogP contribution in [0.5, 0.6) is 0 Å². The largest absolute Gasteiger partial charge is 0.478 e. The minimum absolute atomic E-state index is 0.0150. The number of rotatable bonds is 4. The number of aromatic carboxylic acids is 1. The number of hydrogen-bond donors (Lipinski definition) is 2. The topological polar surface area (TPSA) is 91.6 Å². The first-order valence-corrected chi connectivity index (χ1v) is 10.7. The number of halogens is 1. The maximum atomic E-state index is 13.2. The molecule has 0 unspecified atom stereocenters. The smallest absolute Gasteiger partial charge is 0.337 e. The van der Waals surface area contributed by atoms with Crippen LogP contribution in [0.2, 0.25) is 5.02 Å². The van der Waals surface area contributed by atoms with E-state index in [1.807, 2.05) is 30.5 Å². The molecule has 1 saturated heterocycles. The van der Waals surface area contributed by atoms with E-state index in [1.165, 1.54) is 23.1 Å². The van der Waals surface area contributed by atoms with E-state index in [-0.39, 0.29) is 21.3 Å². The molecule has 4 rings (SSSR count). The van der Waals surface area contributed by atoms with E-state index >= 15 is 0 Å². The molecule has 1 aliphatic heterocycles. The number of carboxylic acid groups (broad SMARTS) is 1. The molecule has 0 spiro atoms. The number of nitrogens with one attached hydrogen (secondary N) is 1. The quantitative estimate of drug-likeness (QED) is 0.331. The van der Waals surface area contributed by atoms with Crippen molar-refractivity contribution in [3.05, 3.63) is 87.7 Å². The van der Waals surface area contributed by atoms with Gasteiger partial charge >= 0.3 is 5.97 Å². The molecule has 0 saturated carbocycles. The van der Waals surface area contributed by atoms with Crippen molar-refractivity contribution in [2.45, 2.75) is 13.8 Å². The molecule has 2 N–H and O–H groups in total. The summed E-state index contributed by atoms with van der Waals surface area (Å²) in [4.78, 5) is 38.6. The summed E-state index contributed by atoms with van der Waals surface area (Å²) >= 11 is 11.2. The van der Waals surface area contributed by atoms with Crippen LogP contribution >= 0.6 is 23.8 Å². The molecule has 1 fully saturated rings. The Labute approximate surface area is 199 Å². The molecule has 2 amide bonds. The number of nitrogens with zero attached hydrogens (tertiary/aromatic N) is 2. The molecule has 3 aromatic rings. The molecule has 0 aliphatic carbocycles. The summed E-state index contributed by atoms with van der Waals surface area (Å²) < 4.78 is 1.83. The van der Waals surface area contributed by atoms with E-state index < -0.39 is 17.8 Å². The number of carboxylic acids is 1. The first-order valence-electron chi connectivity index (χ1n) is 9.87. The van der Waals surface area contributed by atoms with E-state index in [0.29, 0.717) is 16.9 Å². The summed E-state index contributed by atoms with van der Waals surface area (Å²) in [5.41, 5.74) is 3.22. The summed E-state index contributed by atoms with van der Waals surface area (Å²) in [6, 6.07) is 15.3. The summed E-state index contributed by atoms with van der Waals surface area (Å²) in [6.45, 7) is 3.66. The van der Waals surface area contributed by atoms with Gasteiger partial charge in [0.2, 0.25) is 0 Å². The van der Waals surface area contributed by atoms with E-state index in [0.717, 1.165) is 11.4 Å². The number of aryl methyl sites for hydroxylation is 1. The Morgan fingerprint density at radius 1 is 1.06 bits per heavy atom. The summed E-state index contributed by atoms with van der Waals surface area (Å²) in [7, 11) is 0. The molecule has 1 aromatic heterocycles. The molecule has 7 nitrogen and oxygen atoms in total. The third-order valence-electron chi connectivity index (χ3n) is 5.32. The van der Waals surface area contributed by atoms with Crippen LogP contribution in [0.1, 0.15) is 27.3 Å². The van der Waals surface area contributed by atoms with Gasteiger partial charge in [0.1, 0.15) is 5.57 Å². The van der Waals surface area contributed by atoms with Crippen molar-refractivity contribution < 1.29 is 19.5 Å². The van der Waals surface area contributed by atoms with E-state index in [9.17, 15) is 19.5 Å². The Morgan fingerprint density at radius 3 is 2.42 bits per heavy atom. The predicted molar refractivity (Wildman–Crippen MR) is 130 cm³/mol. The van der Waals surface area contributed by atoms with Crippen molar-refractivity contribution in [3.8, 4) is 5.69 Å². The second kappa shape index (κ2) is 8.65. The van der Waals surface area contributed by atoms with Crippen molar-refractivity contribution in [2.24, 2.45) is 0 Å². The lowest BCUT2D eigenvalue weighted by molar-refractivity contribution is -0.122. The highest BCUT2D eigenvalue weighted by molar-refractivity contribution is 7.80. The highest BCUT2D eigenvalue weighted by Gasteiger charge is 2.34. The zero-order chi connectivity index (χ0) is 23.9. The number of aromatic nitrogens is 1. The van der Waals surface area contributed by atoms with Crippen LogP contribution in [0.3, 0.4) is 0 Å². The van der Waals surface area contributed by atoms with Gasteiger partial charge in [-0.1, -0.05) is 29.8 Å². The minimum Gasteiger partial charge on any atom is -0.478 e. The van der Waals surface area contributed by atoms with Crippen molar-refractivity contribution >= 4 is 58.5 Å². The first-order chi connectivity index (χ1) is 15.7. The Bertz CT molecular complexity index is 1360. The number of carbonyl (C=O) groups is 3. The number of amides is 2. The number of carbonyl (C=O) groups excluding carboxylic acids is 2. The van der Waals surface area contributed by atoms with Gasteiger partial charge in [0.25, 0.3) is 11.8 Å². The molecule has 33 heavy (non-hydrogen) atoms. The molecule has 9 heteroatoms. The van der Waals surface area contributed by atoms with Gasteiger partial charge in [-0.2, -0.15) is 0 Å². The average Bonchev–Trinajstić information content (AvgIpc) is 3.05. The Kier molecular flexibility index (Phi) is 5.88. The maximum Gasteiger partial charge on any atom is 0.337 e. The van der Waals surface area contributed by atoms with Gasteiger partial charge in [0.05, 0.1) is 16.3 Å². The van der Waals surface area contributed by atoms with E-state index in [1.54, 1.807) is 30.3 Å². The van der Waals surface area contributed by atoms with Crippen LogP contribution in [0.4, 0.5) is 5.69 Å². The van der Waals surface area contributed by atoms with Crippen LogP contribution in [-0.4, -0.2) is 32.6 Å². The average molecular weight is 480 g/mol. The van der Waals surface area contributed by atoms with Crippen molar-refractivity contribution in [2.75, 3.05) is 4.90 Å². The zero-order valence-electron chi connectivity index (χ0n) is 17.6. The van der Waals surface area contributed by atoms with Gasteiger partial charge in [-0.25, -0.2) is 4.79 Å². The predicted octanol–water partition coefficient (Wildman–Crippen LogP) is 4.28. The maximum absolute atomic E-state index is 13.2. The Morgan fingerprint density at radius 2 is 1.76 bits per heavy atom. The number of thiocarbonyl (C=S) groups is 1. The van der Waals surface area contributed by atoms with Crippen molar-refractivity contribution in [1.29, 1.82) is 0 Å². The standard InChI is InChI=1S/C24H18ClN3O4S/c1-13-10-15(14(2)27(13)17-8-9-20(25)18(12-17)23(31)32)11-19-21(29)26-24(33)28(22(19)30)16-6-4-3-5-7-16/h3-12H,1-2H3,(H,31,32)(H,26,29,33)/b19-11-. The fourth-order valence-electron chi connectivity index (χ4n) is 3.77. The lowest BCUT2D eigenvalue weighted by Gasteiger charge is -2.28. The normalized spacial score (nSPS) is 15.2. The molecule has 166 valence electrons. The summed E-state index contributed by atoms with van der Waals surface area (Å²) in [5.74, 6) is -2.24. The molecular formula is C24H18ClN3O4S. The van der Waals surface area contributed by atoms with Gasteiger partial charge in [0, 0.05) is 17.1 Å². The third-order valence-corrected chi connectivity index (χ3v) is 5.94. The molecule has 0 radical (unpaired) electrons. The van der Waals surface area contributed by atoms with Gasteiger partial charge in [-0.15, -0.1) is 0 Å². The Balaban J connectivity index is 1.78. The molecular weight excluding hydrogens is 462 g/mol. The lowest BCUT2D eigenvalue weighted by atomic mass is 10.1. The molecule has 1 aliphatic rings. The monoisotopic (exact) mass is 479 g/mol. The number of hydrogen-bond acceptors (Lipinski definition) is 4. The Hall–Kier alpha value is -3.75. The van der Waals surface area contributed by atoms with Crippen LogP contribution in [-0.2, 0) is 9.59 Å². The third kappa shape index (κ3) is 4.06. The summed E-state index contributed by atoms with van der Waals surface area (Å²) in [6.07, 6.45) is 1.52. The fourth-order valence-corrected chi connectivity index (χ4v) is 4.25. The van der Waals surface area contributed by atoms with Crippen LogP contribution in [0.25, 0.3) is 11.8 Å². The lowest BCUT2D eigenvalue weighted by Crippen LogP contribution is -2.54. The highest BCUT2D eigenvalue weighted by atomic mass is 35.5. The SMILES string of the molecule is Cc1cc(/C=C2/C(=O)NC(=S)N(c3ccccc3)C2=O)c(C)n1-c1ccc(Cl)c(C(=O)O)c1. The molecule has 0 bridgehead atoms. The second-order valence-electron chi connectivity index (χ2n) is 7.42. The van der Waals surface area contributed by atoms with Crippen LogP contribution < -0.4 is 10.2 Å².